The Bertz CT molecular complexity index is 581. The van der Waals surface area contributed by atoms with E-state index in [0.29, 0.717) is 16.7 Å². The van der Waals surface area contributed by atoms with Crippen LogP contribution in [0.3, 0.4) is 0 Å². The Kier molecular flexibility index (Phi) is 1.85. The van der Waals surface area contributed by atoms with Gasteiger partial charge in [0.2, 0.25) is 0 Å². The Labute approximate surface area is 77.9 Å². The summed E-state index contributed by atoms with van der Waals surface area (Å²) in [5.41, 5.74) is -0.239. The van der Waals surface area contributed by atoms with Crippen LogP contribution in [0.4, 0.5) is 0 Å². The van der Waals surface area contributed by atoms with Crippen molar-refractivity contribution in [3.05, 3.63) is 39.2 Å². The van der Waals surface area contributed by atoms with Crippen LogP contribution in [0.5, 0.6) is 5.75 Å². The van der Waals surface area contributed by atoms with Gasteiger partial charge in [0, 0.05) is 6.07 Å². The Morgan fingerprint density at radius 3 is 2.86 bits per heavy atom. The van der Waals surface area contributed by atoms with Gasteiger partial charge < -0.3 is 9.15 Å². The van der Waals surface area contributed by atoms with E-state index >= 15 is 0 Å². The number of fused-ring (bicyclic) bond motifs is 1. The smallest absolute Gasteiger partial charge is 0.419 e. The Hall–Kier alpha value is -2.04. The molecule has 0 aliphatic heterocycles. The quantitative estimate of drug-likeness (QED) is 0.715. The van der Waals surface area contributed by atoms with Crippen LogP contribution >= 0.6 is 0 Å². The van der Waals surface area contributed by atoms with Gasteiger partial charge in [-0.3, -0.25) is 4.98 Å². The summed E-state index contributed by atoms with van der Waals surface area (Å²) in [5.74, 6) is -0.200. The predicted octanol–water partition coefficient (Wildman–Crippen LogP) is 0.490. The number of rotatable bonds is 1. The first kappa shape index (κ1) is 8.55. The third kappa shape index (κ3) is 1.28. The summed E-state index contributed by atoms with van der Waals surface area (Å²) in [6, 6.07) is 4.72. The van der Waals surface area contributed by atoms with Crippen molar-refractivity contribution in [3.8, 4) is 5.75 Å². The molecule has 14 heavy (non-hydrogen) atoms. The van der Waals surface area contributed by atoms with Crippen molar-refractivity contribution >= 4 is 10.9 Å². The minimum atomic E-state index is -0.768. The molecule has 0 radical (unpaired) electrons. The van der Waals surface area contributed by atoms with Gasteiger partial charge in [-0.1, -0.05) is 0 Å². The minimum Gasteiger partial charge on any atom is -0.497 e. The number of nitrogens with one attached hydrogen (secondary N) is 1. The lowest BCUT2D eigenvalue weighted by Gasteiger charge is -1.99. The van der Waals surface area contributed by atoms with Crippen molar-refractivity contribution in [1.82, 2.24) is 4.98 Å². The molecule has 0 aliphatic carbocycles. The van der Waals surface area contributed by atoms with Crippen LogP contribution < -0.4 is 16.1 Å². The zero-order valence-electron chi connectivity index (χ0n) is 7.37. The van der Waals surface area contributed by atoms with Gasteiger partial charge in [0.1, 0.15) is 5.75 Å². The van der Waals surface area contributed by atoms with E-state index < -0.39 is 11.4 Å². The van der Waals surface area contributed by atoms with E-state index in [-0.39, 0.29) is 0 Å². The van der Waals surface area contributed by atoms with E-state index in [2.05, 4.69) is 9.40 Å². The number of ether oxygens (including phenoxy) is 1. The summed E-state index contributed by atoms with van der Waals surface area (Å²) in [5, 5.41) is 0.324. The number of H-pyrrole nitrogens is 1. The summed E-state index contributed by atoms with van der Waals surface area (Å²) in [4.78, 5) is 24.4. The fourth-order valence-electron chi connectivity index (χ4n) is 1.21. The molecule has 0 unspecified atom stereocenters. The number of benzene rings is 1. The fraction of sp³-hybridized carbons (Fsp3) is 0.111. The highest BCUT2D eigenvalue weighted by Gasteiger charge is 2.02. The lowest BCUT2D eigenvalue weighted by atomic mass is 10.2. The van der Waals surface area contributed by atoms with Crippen LogP contribution in [0.15, 0.2) is 32.2 Å². The molecule has 0 amide bonds. The summed E-state index contributed by atoms with van der Waals surface area (Å²) in [6.45, 7) is 0. The molecule has 0 saturated heterocycles. The second kappa shape index (κ2) is 3.02. The molecular weight excluding hydrogens is 186 g/mol. The number of aromatic nitrogens is 1. The number of aromatic amines is 1. The van der Waals surface area contributed by atoms with Gasteiger partial charge in [-0.25, -0.2) is 9.59 Å². The van der Waals surface area contributed by atoms with Gasteiger partial charge in [-0.15, -0.1) is 0 Å². The molecule has 72 valence electrons. The van der Waals surface area contributed by atoms with E-state index in [1.807, 2.05) is 0 Å². The molecule has 5 nitrogen and oxygen atoms in total. The standard InChI is InChI=1S/C9H7NO4/c1-13-5-2-3-6-7(4-5)10-9(12)14-8(6)11/h2-4H,1H3,(H,10,12). The van der Waals surface area contributed by atoms with Crippen molar-refractivity contribution in [2.45, 2.75) is 0 Å². The van der Waals surface area contributed by atoms with Crippen molar-refractivity contribution in [3.63, 3.8) is 0 Å². The first-order chi connectivity index (χ1) is 6.70. The maximum absolute atomic E-state index is 11.2. The van der Waals surface area contributed by atoms with E-state index in [1.165, 1.54) is 13.2 Å². The molecule has 0 fully saturated rings. The zero-order valence-corrected chi connectivity index (χ0v) is 7.37. The summed E-state index contributed by atoms with van der Waals surface area (Å²) < 4.78 is 9.30. The molecule has 5 heteroatoms. The van der Waals surface area contributed by atoms with Crippen molar-refractivity contribution in [2.24, 2.45) is 0 Å². The highest BCUT2D eigenvalue weighted by Crippen LogP contribution is 2.14. The lowest BCUT2D eigenvalue weighted by Crippen LogP contribution is -2.14. The molecule has 0 atom stereocenters. The minimum absolute atomic E-state index is 0.324. The van der Waals surface area contributed by atoms with Crippen LogP contribution in [-0.2, 0) is 0 Å². The molecule has 0 saturated carbocycles. The third-order valence-corrected chi connectivity index (χ3v) is 1.87. The van der Waals surface area contributed by atoms with Gasteiger partial charge in [0.05, 0.1) is 18.0 Å². The van der Waals surface area contributed by atoms with Crippen LogP contribution in [0.2, 0.25) is 0 Å². The van der Waals surface area contributed by atoms with Gasteiger partial charge in [0.25, 0.3) is 0 Å². The van der Waals surface area contributed by atoms with Crippen molar-refractivity contribution in [1.29, 1.82) is 0 Å². The lowest BCUT2D eigenvalue weighted by molar-refractivity contribution is 0.415. The average molecular weight is 193 g/mol. The average Bonchev–Trinajstić information content (AvgIpc) is 2.16. The van der Waals surface area contributed by atoms with Crippen LogP contribution in [0, 0.1) is 0 Å². The molecule has 1 aromatic carbocycles. The topological polar surface area (TPSA) is 72.3 Å². The highest BCUT2D eigenvalue weighted by molar-refractivity contribution is 5.78. The van der Waals surface area contributed by atoms with E-state index in [1.54, 1.807) is 12.1 Å². The molecule has 0 bridgehead atoms. The van der Waals surface area contributed by atoms with Crippen LogP contribution in [0.1, 0.15) is 0 Å². The maximum Gasteiger partial charge on any atom is 0.419 e. The molecule has 0 aliphatic rings. The molecule has 1 N–H and O–H groups in total. The first-order valence-corrected chi connectivity index (χ1v) is 3.92. The maximum atomic E-state index is 11.2. The number of methoxy groups -OCH3 is 1. The number of hydrogen-bond donors (Lipinski definition) is 1. The normalized spacial score (nSPS) is 10.4. The monoisotopic (exact) mass is 193 g/mol. The summed E-state index contributed by atoms with van der Waals surface area (Å²) >= 11 is 0. The number of hydrogen-bond acceptors (Lipinski definition) is 4. The first-order valence-electron chi connectivity index (χ1n) is 3.92. The molecule has 2 aromatic rings. The molecule has 0 spiro atoms. The largest absolute Gasteiger partial charge is 0.497 e. The van der Waals surface area contributed by atoms with Crippen molar-refractivity contribution < 1.29 is 9.15 Å². The van der Waals surface area contributed by atoms with Gasteiger partial charge in [-0.2, -0.15) is 0 Å². The fourth-order valence-corrected chi connectivity index (χ4v) is 1.21. The summed E-state index contributed by atoms with van der Waals surface area (Å²) in [7, 11) is 1.50. The molecule has 1 aromatic heterocycles. The zero-order chi connectivity index (χ0) is 10.1. The second-order valence-electron chi connectivity index (χ2n) is 2.71. The van der Waals surface area contributed by atoms with Crippen LogP contribution in [0.25, 0.3) is 10.9 Å². The van der Waals surface area contributed by atoms with E-state index in [4.69, 9.17) is 4.74 Å². The molecule has 2 rings (SSSR count). The Morgan fingerprint density at radius 2 is 2.14 bits per heavy atom. The Balaban J connectivity index is 2.89. The predicted molar refractivity (Wildman–Crippen MR) is 49.7 cm³/mol. The van der Waals surface area contributed by atoms with E-state index in [0.717, 1.165) is 0 Å². The van der Waals surface area contributed by atoms with Gasteiger partial charge in [-0.05, 0) is 12.1 Å². The molecule has 1 heterocycles. The van der Waals surface area contributed by atoms with E-state index in [9.17, 15) is 9.59 Å². The van der Waals surface area contributed by atoms with Crippen molar-refractivity contribution in [2.75, 3.05) is 7.11 Å². The SMILES string of the molecule is COc1ccc2c(=O)oc(=O)[nH]c2c1. The molecular formula is C9H7NO4. The second-order valence-corrected chi connectivity index (χ2v) is 2.71. The highest BCUT2D eigenvalue weighted by atomic mass is 16.5. The van der Waals surface area contributed by atoms with Gasteiger partial charge in [0.15, 0.2) is 0 Å². The third-order valence-electron chi connectivity index (χ3n) is 1.87. The summed E-state index contributed by atoms with van der Waals surface area (Å²) in [6.07, 6.45) is 0. The van der Waals surface area contributed by atoms with Crippen LogP contribution in [-0.4, -0.2) is 12.1 Å². The Morgan fingerprint density at radius 1 is 1.36 bits per heavy atom. The van der Waals surface area contributed by atoms with Gasteiger partial charge >= 0.3 is 11.4 Å².